The first-order valence-corrected chi connectivity index (χ1v) is 11.3. The molecule has 0 spiro atoms. The van der Waals surface area contributed by atoms with Crippen molar-refractivity contribution < 1.29 is 28.7 Å². The maximum Gasteiger partial charge on any atom is 0.328 e. The fourth-order valence-electron chi connectivity index (χ4n) is 3.51. The Morgan fingerprint density at radius 3 is 2.51 bits per heavy atom. The lowest BCUT2D eigenvalue weighted by Gasteiger charge is -2.23. The third-order valence-corrected chi connectivity index (χ3v) is 5.04. The van der Waals surface area contributed by atoms with Gasteiger partial charge in [0.25, 0.3) is 0 Å². The smallest absolute Gasteiger partial charge is 0.328 e. The van der Waals surface area contributed by atoms with Gasteiger partial charge in [0.2, 0.25) is 17.6 Å². The zero-order chi connectivity index (χ0) is 26.0. The lowest BCUT2D eigenvalue weighted by Crippen LogP contribution is -2.54. The summed E-state index contributed by atoms with van der Waals surface area (Å²) >= 11 is 0. The molecule has 35 heavy (non-hydrogen) atoms. The topological polar surface area (TPSA) is 157 Å². The van der Waals surface area contributed by atoms with Crippen molar-refractivity contribution in [1.82, 2.24) is 20.5 Å². The van der Waals surface area contributed by atoms with Crippen LogP contribution in [0.3, 0.4) is 0 Å². The highest BCUT2D eigenvalue weighted by Crippen LogP contribution is 2.19. The second kappa shape index (κ2) is 13.2. The maximum atomic E-state index is 13.3. The van der Waals surface area contributed by atoms with Crippen LogP contribution in [0.2, 0.25) is 0 Å². The summed E-state index contributed by atoms with van der Waals surface area (Å²) in [5.41, 5.74) is 10.2. The average molecular weight is 485 g/mol. The molecular weight excluding hydrogens is 452 g/mol. The Morgan fingerprint density at radius 1 is 1.14 bits per heavy atom. The van der Waals surface area contributed by atoms with Gasteiger partial charge in [-0.1, -0.05) is 18.2 Å². The first-order chi connectivity index (χ1) is 16.6. The second-order valence-electron chi connectivity index (χ2n) is 8.72. The molecule has 0 unspecified atom stereocenters. The van der Waals surface area contributed by atoms with Gasteiger partial charge in [0.15, 0.2) is 0 Å². The van der Waals surface area contributed by atoms with Crippen molar-refractivity contribution in [2.45, 2.75) is 51.3 Å². The summed E-state index contributed by atoms with van der Waals surface area (Å²) in [6.45, 7) is 3.41. The highest BCUT2D eigenvalue weighted by molar-refractivity contribution is 6.25. The van der Waals surface area contributed by atoms with Gasteiger partial charge in [-0.25, -0.2) is 4.79 Å². The Balaban J connectivity index is 2.26. The van der Waals surface area contributed by atoms with Crippen LogP contribution in [0.5, 0.6) is 0 Å². The van der Waals surface area contributed by atoms with Crippen molar-refractivity contribution in [2.75, 3.05) is 20.6 Å². The minimum absolute atomic E-state index is 0.0619. The third kappa shape index (κ3) is 8.80. The van der Waals surface area contributed by atoms with Crippen LogP contribution in [0, 0.1) is 0 Å². The number of carbonyl (C=O) groups excluding carboxylic acids is 4. The van der Waals surface area contributed by atoms with Crippen molar-refractivity contribution >= 4 is 40.7 Å². The molecule has 11 nitrogen and oxygen atoms in total. The number of amides is 2. The molecule has 11 heteroatoms. The molecule has 3 N–H and O–H groups in total. The van der Waals surface area contributed by atoms with Gasteiger partial charge in [-0.05, 0) is 46.0 Å². The number of nitrogens with one attached hydrogen (secondary N) is 3. The first kappa shape index (κ1) is 27.4. The van der Waals surface area contributed by atoms with Crippen molar-refractivity contribution in [1.29, 1.82) is 0 Å². The maximum absolute atomic E-state index is 13.3. The molecule has 0 aliphatic carbocycles. The Bertz CT molecular complexity index is 1100. The number of aromatic amines is 1. The molecule has 0 fully saturated rings. The van der Waals surface area contributed by atoms with Gasteiger partial charge in [-0.3, -0.25) is 14.4 Å². The van der Waals surface area contributed by atoms with E-state index in [0.29, 0.717) is 0 Å². The molecule has 1 heterocycles. The van der Waals surface area contributed by atoms with Crippen molar-refractivity contribution in [3.8, 4) is 0 Å². The van der Waals surface area contributed by atoms with E-state index in [2.05, 4.69) is 20.4 Å². The molecule has 0 aliphatic rings. The predicted octanol–water partition coefficient (Wildman–Crippen LogP) is 0.843. The van der Waals surface area contributed by atoms with Gasteiger partial charge in [0.05, 0.1) is 12.6 Å². The van der Waals surface area contributed by atoms with Crippen LogP contribution >= 0.6 is 0 Å². The van der Waals surface area contributed by atoms with Crippen LogP contribution in [-0.2, 0) is 30.3 Å². The third-order valence-electron chi connectivity index (χ3n) is 5.04. The second-order valence-corrected chi connectivity index (χ2v) is 8.72. The number of ketones is 1. The molecule has 1 aromatic heterocycles. The zero-order valence-electron chi connectivity index (χ0n) is 20.4. The van der Waals surface area contributed by atoms with Crippen molar-refractivity contribution in [3.63, 3.8) is 0 Å². The highest BCUT2D eigenvalue weighted by atomic mass is 16.5. The van der Waals surface area contributed by atoms with Gasteiger partial charge in [-0.2, -0.15) is 4.79 Å². The number of H-pyrrole nitrogens is 1. The number of likely N-dealkylation sites (N-methyl/N-ethyl adjacent to an activating group) is 1. The summed E-state index contributed by atoms with van der Waals surface area (Å²) in [6.07, 6.45) is 2.04. The van der Waals surface area contributed by atoms with E-state index in [0.717, 1.165) is 22.7 Å². The number of hydrogen-bond donors (Lipinski definition) is 3. The molecule has 1 aromatic carbocycles. The summed E-state index contributed by atoms with van der Waals surface area (Å²) in [4.78, 5) is 57.7. The molecule has 2 atom stereocenters. The Hall–Kier alpha value is -3.82. The van der Waals surface area contributed by atoms with Crippen LogP contribution < -0.4 is 10.6 Å². The lowest BCUT2D eigenvalue weighted by molar-refractivity contribution is -0.152. The number of rotatable bonds is 13. The fourth-order valence-corrected chi connectivity index (χ4v) is 3.51. The van der Waals surface area contributed by atoms with E-state index in [1.807, 2.05) is 24.3 Å². The van der Waals surface area contributed by atoms with Gasteiger partial charge in [-0.15, -0.1) is 0 Å². The normalized spacial score (nSPS) is 12.6. The number of nitrogens with zero attached hydrogens (tertiary/aromatic N) is 3. The predicted molar refractivity (Wildman–Crippen MR) is 130 cm³/mol. The number of Topliss-reactive ketones (excluding diaryl/α,β-unsaturated/α-hetero) is 1. The zero-order valence-corrected chi connectivity index (χ0v) is 20.4. The van der Waals surface area contributed by atoms with E-state index in [9.17, 15) is 19.2 Å². The molecule has 0 aliphatic heterocycles. The van der Waals surface area contributed by atoms with Gasteiger partial charge in [0, 0.05) is 29.9 Å². The van der Waals surface area contributed by atoms with Gasteiger partial charge < -0.3 is 30.8 Å². The summed E-state index contributed by atoms with van der Waals surface area (Å²) in [7, 11) is 3.47. The molecule has 0 radical (unpaired) electrons. The minimum atomic E-state index is -1.13. The largest absolute Gasteiger partial charge is 0.461 e. The first-order valence-electron chi connectivity index (χ1n) is 11.3. The fraction of sp³-hybridized carbons (Fsp3) is 0.458. The van der Waals surface area contributed by atoms with Crippen LogP contribution in [0.15, 0.2) is 30.5 Å². The van der Waals surface area contributed by atoms with Crippen LogP contribution in [-0.4, -0.2) is 83.3 Å². The molecule has 0 saturated carbocycles. The molecule has 188 valence electrons. The highest BCUT2D eigenvalue weighted by Gasteiger charge is 2.29. The standard InChI is InChI=1S/C24H32N6O5/c1-15(2)35-24(34)20(10-9-17(31)13-27-25)29-23(33)21(28-22(32)14-30(3)4)11-16-12-26-19-8-6-5-7-18(16)19/h5-8,12-13,15,20-21,26H,9-11,14H2,1-4H3,(H,28,32)(H,29,33)/t20-,21-/m0/s1. The summed E-state index contributed by atoms with van der Waals surface area (Å²) < 4.78 is 5.24. The van der Waals surface area contributed by atoms with E-state index < -0.39 is 35.8 Å². The molecule has 0 saturated heterocycles. The summed E-state index contributed by atoms with van der Waals surface area (Å²) in [6, 6.07) is 5.48. The number of benzene rings is 1. The average Bonchev–Trinajstić information content (AvgIpc) is 3.18. The summed E-state index contributed by atoms with van der Waals surface area (Å²) in [5.74, 6) is -2.16. The van der Waals surface area contributed by atoms with Crippen molar-refractivity contribution in [3.05, 3.63) is 41.6 Å². The van der Waals surface area contributed by atoms with E-state index >= 15 is 0 Å². The van der Waals surface area contributed by atoms with E-state index in [1.54, 1.807) is 39.0 Å². The van der Waals surface area contributed by atoms with Crippen molar-refractivity contribution in [2.24, 2.45) is 0 Å². The molecule has 2 aromatic rings. The van der Waals surface area contributed by atoms with E-state index in [1.165, 1.54) is 0 Å². The molecule has 2 rings (SSSR count). The Kier molecular flexibility index (Phi) is 10.3. The van der Waals surface area contributed by atoms with Crippen LogP contribution in [0.4, 0.5) is 0 Å². The molecule has 0 bridgehead atoms. The van der Waals surface area contributed by atoms with E-state index in [4.69, 9.17) is 10.3 Å². The van der Waals surface area contributed by atoms with Gasteiger partial charge in [0.1, 0.15) is 12.1 Å². The Labute approximate surface area is 203 Å². The number of fused-ring (bicyclic) bond motifs is 1. The number of ether oxygens (including phenoxy) is 1. The molecular formula is C24H32N6O5. The number of carbonyl (C=O) groups is 4. The quantitative estimate of drug-likeness (QED) is 0.165. The van der Waals surface area contributed by atoms with Crippen LogP contribution in [0.25, 0.3) is 16.4 Å². The van der Waals surface area contributed by atoms with E-state index in [-0.39, 0.29) is 31.7 Å². The Morgan fingerprint density at radius 2 is 1.86 bits per heavy atom. The minimum Gasteiger partial charge on any atom is -0.461 e. The lowest BCUT2D eigenvalue weighted by atomic mass is 10.0. The van der Waals surface area contributed by atoms with Crippen LogP contribution in [0.1, 0.15) is 32.3 Å². The number of esters is 1. The number of aromatic nitrogens is 1. The summed E-state index contributed by atoms with van der Waals surface area (Å²) in [5, 5.41) is 6.28. The number of hydrogen-bond acceptors (Lipinski definition) is 6. The molecule has 2 amide bonds. The van der Waals surface area contributed by atoms with Gasteiger partial charge >= 0.3 is 12.2 Å². The number of para-hydroxylation sites is 1. The monoisotopic (exact) mass is 484 g/mol. The SMILES string of the molecule is CC(C)OC(=O)[C@H](CCC(=O)C=[N+]=[N-])NC(=O)[C@H](Cc1c[nH]c2ccccc12)NC(=O)CN(C)C.